The minimum atomic E-state index is -0.912. The molecule has 4 heteroatoms. The highest BCUT2D eigenvalue weighted by atomic mass is 16.4. The summed E-state index contributed by atoms with van der Waals surface area (Å²) in [4.78, 5) is 11.4. The molecule has 5 aromatic rings. The Morgan fingerprint density at radius 3 is 1.20 bits per heavy atom. The summed E-state index contributed by atoms with van der Waals surface area (Å²) in [6, 6.07) is 34.2. The average Bonchev–Trinajstić information content (AvgIpc) is 3.30. The Kier molecular flexibility index (Phi) is 17.9. The van der Waals surface area contributed by atoms with Crippen molar-refractivity contribution in [1.82, 2.24) is 0 Å². The first kappa shape index (κ1) is 51.6. The molecule has 64 heavy (non-hydrogen) atoms. The maximum absolute atomic E-state index is 11.4. The van der Waals surface area contributed by atoms with Crippen molar-refractivity contribution in [2.45, 2.75) is 163 Å². The van der Waals surface area contributed by atoms with E-state index >= 15 is 0 Å². The largest absolute Gasteiger partial charge is 0.478 e. The van der Waals surface area contributed by atoms with Crippen LogP contribution in [0.4, 0.5) is 0 Å². The van der Waals surface area contributed by atoms with Crippen LogP contribution in [-0.4, -0.2) is 32.5 Å². The number of aliphatic hydroxyl groups is 2. The molecule has 0 fully saturated rings. The van der Waals surface area contributed by atoms with Gasteiger partial charge in [-0.05, 0) is 170 Å². The Hall–Kier alpha value is -5.03. The third kappa shape index (κ3) is 11.4. The number of aromatic carboxylic acids is 1. The predicted octanol–water partition coefficient (Wildman–Crippen LogP) is 15.6. The van der Waals surface area contributed by atoms with E-state index in [0.717, 1.165) is 60.8 Å². The smallest absolute Gasteiger partial charge is 0.335 e. The first-order chi connectivity index (χ1) is 30.4. The van der Waals surface area contributed by atoms with E-state index in [1.807, 2.05) is 45.9 Å². The summed E-state index contributed by atoms with van der Waals surface area (Å²) in [5, 5.41) is 30.6. The van der Waals surface area contributed by atoms with Crippen molar-refractivity contribution >= 4 is 18.1 Å². The monoisotopic (exact) mass is 863 g/mol. The zero-order valence-corrected chi connectivity index (χ0v) is 41.5. The van der Waals surface area contributed by atoms with E-state index in [4.69, 9.17) is 0 Å². The van der Waals surface area contributed by atoms with Gasteiger partial charge in [-0.1, -0.05) is 165 Å². The van der Waals surface area contributed by atoms with E-state index in [2.05, 4.69) is 147 Å². The van der Waals surface area contributed by atoms with E-state index < -0.39 is 17.2 Å². The van der Waals surface area contributed by atoms with Gasteiger partial charge < -0.3 is 15.3 Å². The molecule has 0 aromatic heterocycles. The topological polar surface area (TPSA) is 77.8 Å². The first-order valence-electron chi connectivity index (χ1n) is 24.0. The van der Waals surface area contributed by atoms with Gasteiger partial charge in [0.1, 0.15) is 0 Å². The van der Waals surface area contributed by atoms with Crippen LogP contribution >= 0.6 is 0 Å². The van der Waals surface area contributed by atoms with Crippen molar-refractivity contribution in [1.29, 1.82) is 0 Å². The third-order valence-corrected chi connectivity index (χ3v) is 14.9. The quantitative estimate of drug-likeness (QED) is 0.0820. The molecule has 0 spiro atoms. The molecule has 0 atom stereocenters. The zero-order valence-electron chi connectivity index (χ0n) is 41.5. The second-order valence-corrected chi connectivity index (χ2v) is 18.2. The van der Waals surface area contributed by atoms with Crippen LogP contribution in [-0.2, 0) is 10.8 Å². The maximum atomic E-state index is 11.4. The average molecular weight is 863 g/mol. The Balaban J connectivity index is 0.000000290. The van der Waals surface area contributed by atoms with Gasteiger partial charge in [-0.15, -0.1) is 0 Å². The van der Waals surface area contributed by atoms with Gasteiger partial charge in [-0.25, -0.2) is 4.79 Å². The fourth-order valence-corrected chi connectivity index (χ4v) is 9.39. The van der Waals surface area contributed by atoms with E-state index in [-0.39, 0.29) is 10.8 Å². The molecule has 0 saturated carbocycles. The summed E-state index contributed by atoms with van der Waals surface area (Å²) in [6.45, 7) is 28.0. The molecule has 0 aliphatic rings. The van der Waals surface area contributed by atoms with Crippen LogP contribution in [0.25, 0.3) is 23.3 Å². The van der Waals surface area contributed by atoms with Gasteiger partial charge in [0.05, 0.1) is 16.8 Å². The van der Waals surface area contributed by atoms with Gasteiger partial charge in [0.15, 0.2) is 0 Å². The molecule has 0 amide bonds. The van der Waals surface area contributed by atoms with Crippen LogP contribution in [0.15, 0.2) is 109 Å². The van der Waals surface area contributed by atoms with E-state index in [0.29, 0.717) is 18.4 Å². The summed E-state index contributed by atoms with van der Waals surface area (Å²) >= 11 is 0. The Bertz CT molecular complexity index is 2400. The lowest BCUT2D eigenvalue weighted by molar-refractivity contribution is 0.0696. The number of hydrogen-bond acceptors (Lipinski definition) is 3. The lowest BCUT2D eigenvalue weighted by Crippen LogP contribution is -2.26. The highest BCUT2D eigenvalue weighted by Gasteiger charge is 2.33. The highest BCUT2D eigenvalue weighted by molar-refractivity contribution is 5.89. The Labute approximate surface area is 387 Å². The second kappa shape index (κ2) is 22.2. The fraction of sp³-hybridized carbons (Fsp3) is 0.417. The summed E-state index contributed by atoms with van der Waals surface area (Å²) in [6.07, 6.45) is 15.0. The molecule has 0 saturated heterocycles. The van der Waals surface area contributed by atoms with Crippen molar-refractivity contribution in [3.05, 3.63) is 176 Å². The summed E-state index contributed by atoms with van der Waals surface area (Å²) in [7, 11) is 0. The lowest BCUT2D eigenvalue weighted by Gasteiger charge is -2.34. The van der Waals surface area contributed by atoms with Crippen LogP contribution in [0.2, 0.25) is 0 Å². The highest BCUT2D eigenvalue weighted by Crippen LogP contribution is 2.42. The van der Waals surface area contributed by atoms with Crippen molar-refractivity contribution in [2.75, 3.05) is 0 Å². The van der Waals surface area contributed by atoms with Crippen LogP contribution < -0.4 is 0 Å². The number of hydrogen-bond donors (Lipinski definition) is 3. The third-order valence-electron chi connectivity index (χ3n) is 14.9. The second-order valence-electron chi connectivity index (χ2n) is 18.2. The molecule has 0 bridgehead atoms. The molecular weight excluding hydrogens is 785 g/mol. The molecule has 0 unspecified atom stereocenters. The Morgan fingerprint density at radius 2 is 0.844 bits per heavy atom. The minimum absolute atomic E-state index is 0.0407. The van der Waals surface area contributed by atoms with E-state index in [9.17, 15) is 20.1 Å². The molecule has 0 radical (unpaired) electrons. The summed E-state index contributed by atoms with van der Waals surface area (Å²) < 4.78 is 0. The normalized spacial score (nSPS) is 12.5. The molecule has 3 N–H and O–H groups in total. The number of rotatable bonds is 18. The molecule has 0 aliphatic carbocycles. The number of benzene rings is 5. The van der Waals surface area contributed by atoms with E-state index in [1.165, 1.54) is 50.1 Å². The van der Waals surface area contributed by atoms with Crippen molar-refractivity contribution in [3.63, 3.8) is 0 Å². The summed E-state index contributed by atoms with van der Waals surface area (Å²) in [5.74, 6) is -0.912. The van der Waals surface area contributed by atoms with Gasteiger partial charge in [0.25, 0.3) is 0 Å². The van der Waals surface area contributed by atoms with Gasteiger partial charge in [-0.3, -0.25) is 0 Å². The van der Waals surface area contributed by atoms with Crippen LogP contribution in [0, 0.1) is 34.6 Å². The lowest BCUT2D eigenvalue weighted by atomic mass is 9.69. The van der Waals surface area contributed by atoms with Crippen molar-refractivity contribution in [2.24, 2.45) is 0 Å². The Morgan fingerprint density at radius 1 is 0.453 bits per heavy atom. The van der Waals surface area contributed by atoms with Gasteiger partial charge in [0, 0.05) is 10.8 Å². The van der Waals surface area contributed by atoms with Crippen molar-refractivity contribution < 1.29 is 20.1 Å². The SMILES string of the molecule is CCC(O)(/C=C/c1ccc(C(CC)(CC)c2ccc(-c3cccc(C(=O)O)c3)c(C)c2)cc1C)CC.CCC(O)(/C=C/c1ccc(C(CC)(CC)c2ccc(C)c(C)c2)cc1C)CC. The van der Waals surface area contributed by atoms with Crippen LogP contribution in [0.3, 0.4) is 0 Å². The van der Waals surface area contributed by atoms with E-state index in [1.54, 1.807) is 18.2 Å². The fourth-order valence-electron chi connectivity index (χ4n) is 9.39. The molecule has 4 nitrogen and oxygen atoms in total. The molecule has 342 valence electrons. The van der Waals surface area contributed by atoms with Crippen LogP contribution in [0.5, 0.6) is 0 Å². The number of aryl methyl sites for hydroxylation is 5. The standard InChI is InChI=1S/C33H40O3.C27H38O/c1-7-32(36,8-2)19-18-25-14-15-28(20-23(25)5)33(9-3,10-4)29-16-17-30(24(6)21-29)26-12-11-13-27(22-26)31(34)35;1-8-26(28,9-2)17-16-23-13-15-25(19-22(23)7)27(10-3,11-4)24-14-12-20(5)21(6)18-24/h11-22,36H,7-10H2,1-6H3,(H,34,35);12-19,28H,8-11H2,1-7H3/b19-18+;17-16+. The number of carboxylic acid groups (broad SMARTS) is 1. The number of carbonyl (C=O) groups is 1. The van der Waals surface area contributed by atoms with Gasteiger partial charge in [0.2, 0.25) is 0 Å². The zero-order chi connectivity index (χ0) is 47.5. The molecule has 0 aliphatic heterocycles. The van der Waals surface area contributed by atoms with Crippen molar-refractivity contribution in [3.8, 4) is 11.1 Å². The maximum Gasteiger partial charge on any atom is 0.335 e. The van der Waals surface area contributed by atoms with Gasteiger partial charge in [-0.2, -0.15) is 0 Å². The molecule has 5 rings (SSSR count). The number of carboxylic acids is 1. The summed E-state index contributed by atoms with van der Waals surface area (Å²) in [5.41, 5.74) is 14.7. The molecule has 0 heterocycles. The predicted molar refractivity (Wildman–Crippen MR) is 274 cm³/mol. The van der Waals surface area contributed by atoms with Gasteiger partial charge >= 0.3 is 5.97 Å². The van der Waals surface area contributed by atoms with Crippen LogP contribution in [0.1, 0.15) is 178 Å². The first-order valence-corrected chi connectivity index (χ1v) is 24.0. The molecular formula is C60H78O4. The molecule has 5 aromatic carbocycles. The minimum Gasteiger partial charge on any atom is -0.478 e.